The second kappa shape index (κ2) is 2.19. The molecule has 0 amide bonds. The maximum Gasteiger partial charge on any atom is 0.112 e. The van der Waals surface area contributed by atoms with E-state index >= 15 is 0 Å². The Kier molecular flexibility index (Phi) is 1.50. The van der Waals surface area contributed by atoms with E-state index in [1.54, 1.807) is 0 Å². The minimum atomic E-state index is 0.0191. The number of rotatable bonds is 4. The Balaban J connectivity index is 1.60. The Bertz CT molecular complexity index is 141. The van der Waals surface area contributed by atoms with Crippen molar-refractivity contribution in [3.05, 3.63) is 0 Å². The molecule has 2 rings (SSSR count). The fourth-order valence-electron chi connectivity index (χ4n) is 0.896. The van der Waals surface area contributed by atoms with Gasteiger partial charge in [0.25, 0.3) is 0 Å². The Morgan fingerprint density at radius 3 is 1.73 bits per heavy atom. The van der Waals surface area contributed by atoms with Crippen LogP contribution < -0.4 is 0 Å². The largest absolute Gasteiger partial charge is 0.375 e. The molecule has 0 radical (unpaired) electrons. The van der Waals surface area contributed by atoms with E-state index in [1.165, 1.54) is 0 Å². The molecule has 0 saturated carbocycles. The Morgan fingerprint density at radius 1 is 1.09 bits per heavy atom. The Hall–Kier alpha value is -0.120. The number of ether oxygens (including phenoxy) is 3. The van der Waals surface area contributed by atoms with E-state index in [1.807, 2.05) is 0 Å². The fourth-order valence-corrected chi connectivity index (χ4v) is 0.896. The van der Waals surface area contributed by atoms with Gasteiger partial charge in [0.1, 0.15) is 11.2 Å². The molecule has 0 aliphatic carbocycles. The van der Waals surface area contributed by atoms with Crippen LogP contribution in [0.5, 0.6) is 0 Å². The standard InChI is InChI=1S/C8H14O3/c1-7(5-10-7)3-9-4-8(2)6-11-8/h3-6H2,1-2H3. The zero-order valence-electron chi connectivity index (χ0n) is 7.05. The summed E-state index contributed by atoms with van der Waals surface area (Å²) in [5, 5.41) is 0. The second-order valence-corrected chi connectivity index (χ2v) is 3.97. The van der Waals surface area contributed by atoms with Crippen LogP contribution in [0.15, 0.2) is 0 Å². The van der Waals surface area contributed by atoms with Gasteiger partial charge in [-0.05, 0) is 13.8 Å². The van der Waals surface area contributed by atoms with Gasteiger partial charge in [-0.1, -0.05) is 0 Å². The van der Waals surface area contributed by atoms with Crippen molar-refractivity contribution < 1.29 is 14.2 Å². The average Bonchev–Trinajstić information content (AvgIpc) is 2.78. The average molecular weight is 158 g/mol. The van der Waals surface area contributed by atoms with Gasteiger partial charge in [-0.3, -0.25) is 0 Å². The van der Waals surface area contributed by atoms with Crippen LogP contribution in [-0.4, -0.2) is 37.6 Å². The fraction of sp³-hybridized carbons (Fsp3) is 1.00. The first-order chi connectivity index (χ1) is 5.12. The van der Waals surface area contributed by atoms with E-state index in [0.29, 0.717) is 13.2 Å². The van der Waals surface area contributed by atoms with E-state index < -0.39 is 0 Å². The highest BCUT2D eigenvalue weighted by Gasteiger charge is 2.43. The van der Waals surface area contributed by atoms with E-state index in [0.717, 1.165) is 13.2 Å². The molecule has 0 aromatic carbocycles. The first-order valence-electron chi connectivity index (χ1n) is 3.98. The topological polar surface area (TPSA) is 34.3 Å². The summed E-state index contributed by atoms with van der Waals surface area (Å²) in [4.78, 5) is 0. The first kappa shape index (κ1) is 7.53. The van der Waals surface area contributed by atoms with Crippen LogP contribution in [0.3, 0.4) is 0 Å². The SMILES string of the molecule is CC1(COCC2(C)CO2)CO1. The molecule has 0 aromatic heterocycles. The van der Waals surface area contributed by atoms with Gasteiger partial charge in [-0.25, -0.2) is 0 Å². The van der Waals surface area contributed by atoms with Gasteiger partial charge < -0.3 is 14.2 Å². The molecule has 11 heavy (non-hydrogen) atoms. The van der Waals surface area contributed by atoms with Crippen LogP contribution >= 0.6 is 0 Å². The summed E-state index contributed by atoms with van der Waals surface area (Å²) in [5.74, 6) is 0. The molecule has 0 bridgehead atoms. The Morgan fingerprint density at radius 2 is 1.45 bits per heavy atom. The minimum Gasteiger partial charge on any atom is -0.375 e. The maximum absolute atomic E-state index is 5.44. The van der Waals surface area contributed by atoms with Crippen LogP contribution in [0.25, 0.3) is 0 Å². The van der Waals surface area contributed by atoms with Crippen LogP contribution in [0.1, 0.15) is 13.8 Å². The third-order valence-corrected chi connectivity index (χ3v) is 2.09. The molecule has 0 aromatic rings. The van der Waals surface area contributed by atoms with Gasteiger partial charge in [0.05, 0.1) is 26.4 Å². The molecule has 64 valence electrons. The molecule has 2 heterocycles. The highest BCUT2D eigenvalue weighted by atomic mass is 16.6. The highest BCUT2D eigenvalue weighted by Crippen LogP contribution is 2.29. The Labute approximate surface area is 66.6 Å². The van der Waals surface area contributed by atoms with Crippen LogP contribution in [-0.2, 0) is 14.2 Å². The molecule has 2 saturated heterocycles. The summed E-state index contributed by atoms with van der Waals surface area (Å²) in [6, 6.07) is 0. The number of hydrogen-bond donors (Lipinski definition) is 0. The van der Waals surface area contributed by atoms with Gasteiger partial charge in [-0.15, -0.1) is 0 Å². The van der Waals surface area contributed by atoms with E-state index in [9.17, 15) is 0 Å². The molecule has 0 N–H and O–H groups in total. The summed E-state index contributed by atoms with van der Waals surface area (Å²) in [7, 11) is 0. The van der Waals surface area contributed by atoms with Crippen molar-refractivity contribution >= 4 is 0 Å². The van der Waals surface area contributed by atoms with Crippen molar-refractivity contribution in [2.45, 2.75) is 25.0 Å². The molecular weight excluding hydrogens is 144 g/mol. The second-order valence-electron chi connectivity index (χ2n) is 3.97. The van der Waals surface area contributed by atoms with Gasteiger partial charge in [0.15, 0.2) is 0 Å². The highest BCUT2D eigenvalue weighted by molar-refractivity contribution is 4.89. The minimum absolute atomic E-state index is 0.0191. The number of hydrogen-bond acceptors (Lipinski definition) is 3. The zero-order chi connectivity index (χ0) is 7.95. The van der Waals surface area contributed by atoms with Gasteiger partial charge in [0.2, 0.25) is 0 Å². The molecule has 2 aliphatic rings. The lowest BCUT2D eigenvalue weighted by Gasteiger charge is -2.08. The van der Waals surface area contributed by atoms with E-state index in [4.69, 9.17) is 14.2 Å². The molecule has 3 nitrogen and oxygen atoms in total. The molecule has 2 atom stereocenters. The van der Waals surface area contributed by atoms with E-state index in [2.05, 4.69) is 13.8 Å². The van der Waals surface area contributed by atoms with Crippen LogP contribution in [0.4, 0.5) is 0 Å². The van der Waals surface area contributed by atoms with Gasteiger partial charge >= 0.3 is 0 Å². The quantitative estimate of drug-likeness (QED) is 0.561. The molecule has 2 unspecified atom stereocenters. The summed E-state index contributed by atoms with van der Waals surface area (Å²) in [6.07, 6.45) is 0. The van der Waals surface area contributed by atoms with Crippen LogP contribution in [0, 0.1) is 0 Å². The number of epoxide rings is 2. The van der Waals surface area contributed by atoms with Crippen LogP contribution in [0.2, 0.25) is 0 Å². The lowest BCUT2D eigenvalue weighted by Crippen LogP contribution is -2.21. The molecule has 2 fully saturated rings. The normalized spacial score (nSPS) is 47.5. The van der Waals surface area contributed by atoms with Crippen molar-refractivity contribution in [1.82, 2.24) is 0 Å². The summed E-state index contributed by atoms with van der Waals surface area (Å²) in [6.45, 7) is 7.19. The van der Waals surface area contributed by atoms with Gasteiger partial charge in [-0.2, -0.15) is 0 Å². The zero-order valence-corrected chi connectivity index (χ0v) is 7.05. The summed E-state index contributed by atoms with van der Waals surface area (Å²) >= 11 is 0. The predicted octanol–water partition coefficient (Wildman–Crippen LogP) is 0.581. The lowest BCUT2D eigenvalue weighted by atomic mass is 10.2. The van der Waals surface area contributed by atoms with Crippen molar-refractivity contribution in [1.29, 1.82) is 0 Å². The van der Waals surface area contributed by atoms with Gasteiger partial charge in [0, 0.05) is 0 Å². The summed E-state index contributed by atoms with van der Waals surface area (Å²) < 4.78 is 15.8. The van der Waals surface area contributed by atoms with Crippen molar-refractivity contribution in [2.75, 3.05) is 26.4 Å². The maximum atomic E-state index is 5.44. The van der Waals surface area contributed by atoms with Crippen molar-refractivity contribution in [3.8, 4) is 0 Å². The monoisotopic (exact) mass is 158 g/mol. The molecule has 2 aliphatic heterocycles. The molecule has 3 heteroatoms. The lowest BCUT2D eigenvalue weighted by molar-refractivity contribution is 0.0520. The summed E-state index contributed by atoms with van der Waals surface area (Å²) in [5.41, 5.74) is 0.0382. The first-order valence-corrected chi connectivity index (χ1v) is 3.98. The smallest absolute Gasteiger partial charge is 0.112 e. The van der Waals surface area contributed by atoms with Crippen molar-refractivity contribution in [2.24, 2.45) is 0 Å². The molecule has 0 spiro atoms. The van der Waals surface area contributed by atoms with E-state index in [-0.39, 0.29) is 11.2 Å². The molecular formula is C8H14O3. The predicted molar refractivity (Wildman–Crippen MR) is 39.5 cm³/mol. The third kappa shape index (κ3) is 1.92. The van der Waals surface area contributed by atoms with Crippen molar-refractivity contribution in [3.63, 3.8) is 0 Å². The third-order valence-electron chi connectivity index (χ3n) is 2.09.